The van der Waals surface area contributed by atoms with Gasteiger partial charge in [0.25, 0.3) is 11.8 Å². The van der Waals surface area contributed by atoms with Gasteiger partial charge in [-0.3, -0.25) is 9.59 Å². The van der Waals surface area contributed by atoms with Crippen LogP contribution in [-0.4, -0.2) is 66.9 Å². The number of carbonyl (C=O) groups excluding carboxylic acids is 3. The molecule has 0 saturated carbocycles. The van der Waals surface area contributed by atoms with Crippen molar-refractivity contribution in [2.24, 2.45) is 0 Å². The molecule has 2 N–H and O–H groups in total. The highest BCUT2D eigenvalue weighted by Gasteiger charge is 2.28. The predicted molar refractivity (Wildman–Crippen MR) is 150 cm³/mol. The van der Waals surface area contributed by atoms with Gasteiger partial charge in [-0.1, -0.05) is 23.8 Å². The van der Waals surface area contributed by atoms with Crippen LogP contribution in [0.25, 0.3) is 0 Å². The van der Waals surface area contributed by atoms with E-state index in [1.165, 1.54) is 24.3 Å². The summed E-state index contributed by atoms with van der Waals surface area (Å²) in [5, 5.41) is 5.74. The minimum Gasteiger partial charge on any atom is -0.367 e. The molecule has 0 unspecified atom stereocenters. The summed E-state index contributed by atoms with van der Waals surface area (Å²) in [6, 6.07) is 18.3. The van der Waals surface area contributed by atoms with Crippen LogP contribution in [0.4, 0.5) is 26.2 Å². The molecule has 2 saturated heterocycles. The highest BCUT2D eigenvalue weighted by molar-refractivity contribution is 6.06. The summed E-state index contributed by atoms with van der Waals surface area (Å²) >= 11 is 0. The number of likely N-dealkylation sites (tertiary alicyclic amines) is 1. The lowest BCUT2D eigenvalue weighted by molar-refractivity contribution is 0.0792. The lowest BCUT2D eigenvalue weighted by Gasteiger charge is -2.37. The van der Waals surface area contributed by atoms with Gasteiger partial charge in [0.05, 0.1) is 5.56 Å². The number of anilines is 3. The van der Waals surface area contributed by atoms with E-state index < -0.39 is 11.7 Å². The zero-order chi connectivity index (χ0) is 27.4. The zero-order valence-corrected chi connectivity index (χ0v) is 22.0. The first-order chi connectivity index (χ1) is 18.9. The number of hydrogen-bond acceptors (Lipinski definition) is 4. The number of aryl methyl sites for hydroxylation is 1. The predicted octanol–water partition coefficient (Wildman–Crippen LogP) is 4.98. The van der Waals surface area contributed by atoms with Crippen LogP contribution in [0, 0.1) is 12.7 Å². The summed E-state index contributed by atoms with van der Waals surface area (Å²) in [4.78, 5) is 44.8. The summed E-state index contributed by atoms with van der Waals surface area (Å²) in [5.74, 6) is -1.02. The van der Waals surface area contributed by atoms with Crippen molar-refractivity contribution < 1.29 is 18.8 Å². The molecule has 2 aliphatic heterocycles. The number of nitrogens with one attached hydrogen (secondary N) is 2. The number of halogens is 1. The van der Waals surface area contributed by atoms with Gasteiger partial charge in [-0.15, -0.1) is 0 Å². The van der Waals surface area contributed by atoms with Gasteiger partial charge in [0.15, 0.2) is 0 Å². The second-order valence-corrected chi connectivity index (χ2v) is 9.97. The molecule has 5 rings (SSSR count). The van der Waals surface area contributed by atoms with Crippen LogP contribution in [-0.2, 0) is 0 Å². The molecule has 2 fully saturated rings. The minimum atomic E-state index is -0.491. The fraction of sp³-hybridized carbons (Fsp3) is 0.300. The van der Waals surface area contributed by atoms with E-state index in [2.05, 4.69) is 15.5 Å². The molecule has 39 heavy (non-hydrogen) atoms. The maximum absolute atomic E-state index is 13.6. The Bertz CT molecular complexity index is 1360. The maximum atomic E-state index is 13.6. The number of nitrogens with zero attached hydrogens (tertiary/aromatic N) is 3. The molecule has 0 spiro atoms. The van der Waals surface area contributed by atoms with E-state index in [0.29, 0.717) is 50.5 Å². The minimum absolute atomic E-state index is 0.0797. The van der Waals surface area contributed by atoms with E-state index in [1.807, 2.05) is 42.2 Å². The Hall–Kier alpha value is -4.40. The molecule has 2 heterocycles. The molecule has 202 valence electrons. The molecule has 3 aromatic rings. The standard InChI is InChI=1S/C30H32FN5O3/c1-21-7-9-24(10-8-21)33-30(39)36-17-15-34(16-18-36)27-12-11-25(20-26(27)29(38)35-13-2-3-14-35)32-28(37)22-5-4-6-23(31)19-22/h4-12,19-20H,2-3,13-18H2,1H3,(H,32,37)(H,33,39). The van der Waals surface area contributed by atoms with Gasteiger partial charge in [-0.05, 0) is 68.3 Å². The number of benzene rings is 3. The molecule has 2 aliphatic rings. The van der Waals surface area contributed by atoms with Crippen molar-refractivity contribution in [3.8, 4) is 0 Å². The summed E-state index contributed by atoms with van der Waals surface area (Å²) < 4.78 is 13.6. The van der Waals surface area contributed by atoms with Crippen molar-refractivity contribution in [3.05, 3.63) is 89.2 Å². The average molecular weight is 530 g/mol. The molecule has 0 atom stereocenters. The summed E-state index contributed by atoms with van der Waals surface area (Å²) in [5.41, 5.74) is 3.82. The molecule has 9 heteroatoms. The van der Waals surface area contributed by atoms with Gasteiger partial charge in [0, 0.05) is 61.9 Å². The first-order valence-electron chi connectivity index (χ1n) is 13.3. The van der Waals surface area contributed by atoms with Crippen molar-refractivity contribution in [2.45, 2.75) is 19.8 Å². The first kappa shape index (κ1) is 26.2. The van der Waals surface area contributed by atoms with Gasteiger partial charge in [-0.25, -0.2) is 9.18 Å². The number of amides is 4. The normalized spacial score (nSPS) is 15.3. The molecule has 0 aliphatic carbocycles. The van der Waals surface area contributed by atoms with Gasteiger partial charge in [0.2, 0.25) is 0 Å². The van der Waals surface area contributed by atoms with E-state index in [-0.39, 0.29) is 17.5 Å². The number of urea groups is 1. The van der Waals surface area contributed by atoms with Crippen LogP contribution in [0.2, 0.25) is 0 Å². The topological polar surface area (TPSA) is 85.0 Å². The van der Waals surface area contributed by atoms with E-state index in [9.17, 15) is 18.8 Å². The Kier molecular flexibility index (Phi) is 7.76. The highest BCUT2D eigenvalue weighted by Crippen LogP contribution is 2.28. The Morgan fingerprint density at radius 2 is 1.44 bits per heavy atom. The number of hydrogen-bond donors (Lipinski definition) is 2. The molecular weight excluding hydrogens is 497 g/mol. The van der Waals surface area contributed by atoms with Crippen LogP contribution >= 0.6 is 0 Å². The lowest BCUT2D eigenvalue weighted by atomic mass is 10.1. The molecule has 0 bridgehead atoms. The van der Waals surface area contributed by atoms with E-state index in [4.69, 9.17) is 0 Å². The van der Waals surface area contributed by atoms with Crippen LogP contribution in [0.15, 0.2) is 66.7 Å². The fourth-order valence-electron chi connectivity index (χ4n) is 4.97. The van der Waals surface area contributed by atoms with Crippen LogP contribution < -0.4 is 15.5 Å². The second-order valence-electron chi connectivity index (χ2n) is 9.97. The highest BCUT2D eigenvalue weighted by atomic mass is 19.1. The quantitative estimate of drug-likeness (QED) is 0.489. The van der Waals surface area contributed by atoms with Crippen LogP contribution in [0.3, 0.4) is 0 Å². The third kappa shape index (κ3) is 6.19. The Balaban J connectivity index is 1.31. The Morgan fingerprint density at radius 1 is 0.744 bits per heavy atom. The third-order valence-corrected chi connectivity index (χ3v) is 7.18. The third-order valence-electron chi connectivity index (χ3n) is 7.18. The largest absolute Gasteiger partial charge is 0.367 e. The van der Waals surface area contributed by atoms with E-state index in [1.54, 1.807) is 17.0 Å². The van der Waals surface area contributed by atoms with Crippen molar-refractivity contribution >= 4 is 34.9 Å². The van der Waals surface area contributed by atoms with Gasteiger partial charge in [-0.2, -0.15) is 0 Å². The molecule has 0 aromatic heterocycles. The van der Waals surface area contributed by atoms with E-state index >= 15 is 0 Å². The molecule has 3 aromatic carbocycles. The first-order valence-corrected chi connectivity index (χ1v) is 13.3. The van der Waals surface area contributed by atoms with Crippen molar-refractivity contribution in [3.63, 3.8) is 0 Å². The summed E-state index contributed by atoms with van der Waals surface area (Å²) in [6.07, 6.45) is 1.93. The Labute approximate surface area is 227 Å². The van der Waals surface area contributed by atoms with Crippen LogP contribution in [0.1, 0.15) is 39.1 Å². The number of carbonyl (C=O) groups is 3. The SMILES string of the molecule is Cc1ccc(NC(=O)N2CCN(c3ccc(NC(=O)c4cccc(F)c4)cc3C(=O)N3CCCC3)CC2)cc1. The number of piperazine rings is 1. The van der Waals surface area contributed by atoms with Gasteiger partial charge >= 0.3 is 6.03 Å². The summed E-state index contributed by atoms with van der Waals surface area (Å²) in [6.45, 7) is 5.54. The average Bonchev–Trinajstić information content (AvgIpc) is 3.49. The Morgan fingerprint density at radius 3 is 2.13 bits per heavy atom. The smallest absolute Gasteiger partial charge is 0.321 e. The number of rotatable bonds is 5. The maximum Gasteiger partial charge on any atom is 0.321 e. The molecule has 4 amide bonds. The van der Waals surface area contributed by atoms with Crippen LogP contribution in [0.5, 0.6) is 0 Å². The second kappa shape index (κ2) is 11.6. The summed E-state index contributed by atoms with van der Waals surface area (Å²) in [7, 11) is 0. The van der Waals surface area contributed by atoms with Crippen molar-refractivity contribution in [1.82, 2.24) is 9.80 Å². The van der Waals surface area contributed by atoms with Crippen molar-refractivity contribution in [1.29, 1.82) is 0 Å². The molecule has 0 radical (unpaired) electrons. The van der Waals surface area contributed by atoms with Gasteiger partial charge < -0.3 is 25.3 Å². The van der Waals surface area contributed by atoms with Crippen molar-refractivity contribution in [2.75, 3.05) is 54.8 Å². The lowest BCUT2D eigenvalue weighted by Crippen LogP contribution is -2.50. The van der Waals surface area contributed by atoms with Gasteiger partial charge in [0.1, 0.15) is 5.82 Å². The fourth-order valence-corrected chi connectivity index (χ4v) is 4.97. The molecule has 8 nitrogen and oxygen atoms in total. The van der Waals surface area contributed by atoms with E-state index in [0.717, 1.165) is 29.8 Å². The zero-order valence-electron chi connectivity index (χ0n) is 22.0. The molecular formula is C30H32FN5O3. The monoisotopic (exact) mass is 529 g/mol.